The lowest BCUT2D eigenvalue weighted by atomic mass is 9.89. The van der Waals surface area contributed by atoms with Gasteiger partial charge in [0.25, 0.3) is 0 Å². The average molecular weight is 199 g/mol. The van der Waals surface area contributed by atoms with E-state index in [9.17, 15) is 4.79 Å². The summed E-state index contributed by atoms with van der Waals surface area (Å²) in [6.45, 7) is 1.59. The molecule has 2 rings (SSSR count). The number of ketones is 1. The van der Waals surface area contributed by atoms with E-state index in [1.165, 1.54) is 0 Å². The lowest BCUT2D eigenvalue weighted by Gasteiger charge is -2.29. The molecule has 1 aliphatic rings. The highest BCUT2D eigenvalue weighted by Crippen LogP contribution is 2.19. The third kappa shape index (κ3) is 2.48. The van der Waals surface area contributed by atoms with Crippen LogP contribution in [0.1, 0.15) is 23.2 Å². The zero-order chi connectivity index (χ0) is 10.7. The molecule has 0 aliphatic carbocycles. The van der Waals surface area contributed by atoms with Crippen LogP contribution in [0, 0.1) is 5.92 Å². The zero-order valence-electron chi connectivity index (χ0n) is 8.73. The molecule has 1 heterocycles. The highest BCUT2D eigenvalue weighted by molar-refractivity contribution is 6.05. The lowest BCUT2D eigenvalue weighted by molar-refractivity contribution is 0.0872. The van der Waals surface area contributed by atoms with E-state index in [1.807, 2.05) is 30.3 Å². The third-order valence-electron chi connectivity index (χ3n) is 2.88. The van der Waals surface area contributed by atoms with Gasteiger partial charge in [0.05, 0.1) is 0 Å². The van der Waals surface area contributed by atoms with Crippen LogP contribution < -0.4 is 0 Å². The molecule has 1 fully saturated rings. The molecule has 2 radical (unpaired) electrons. The molecule has 0 spiro atoms. The molecule has 3 heteroatoms. The summed E-state index contributed by atoms with van der Waals surface area (Å²) in [5.41, 5.74) is 0.804. The molecule has 0 N–H and O–H groups in total. The Hall–Kier alpha value is -1.09. The molecule has 0 unspecified atom stereocenters. The van der Waals surface area contributed by atoms with Crippen molar-refractivity contribution in [2.24, 2.45) is 5.92 Å². The van der Waals surface area contributed by atoms with Gasteiger partial charge in [-0.1, -0.05) is 30.3 Å². The van der Waals surface area contributed by atoms with Crippen LogP contribution in [0.25, 0.3) is 0 Å². The third-order valence-corrected chi connectivity index (χ3v) is 2.88. The molecule has 1 atom stereocenters. The smallest absolute Gasteiger partial charge is 0.182 e. The maximum atomic E-state index is 12.1. The first-order chi connectivity index (χ1) is 7.27. The van der Waals surface area contributed by atoms with Crippen LogP contribution >= 0.6 is 0 Å². The molecule has 1 aromatic carbocycles. The standard InChI is InChI=1S/C12H14BNO/c13-14-8-4-7-11(9-14)12(15)10-5-2-1-3-6-10/h1-3,5-6,11H,4,7-9H2/t11-/m1/s1. The van der Waals surface area contributed by atoms with Gasteiger partial charge < -0.3 is 4.81 Å². The fourth-order valence-electron chi connectivity index (χ4n) is 2.06. The Bertz CT molecular complexity index is 339. The van der Waals surface area contributed by atoms with E-state index < -0.39 is 0 Å². The van der Waals surface area contributed by atoms with Crippen molar-refractivity contribution in [1.29, 1.82) is 0 Å². The molecular formula is C12H14BNO. The van der Waals surface area contributed by atoms with Crippen molar-refractivity contribution in [2.75, 3.05) is 13.1 Å². The van der Waals surface area contributed by atoms with Gasteiger partial charge in [-0.2, -0.15) is 0 Å². The van der Waals surface area contributed by atoms with E-state index in [0.717, 1.165) is 24.9 Å². The van der Waals surface area contributed by atoms with E-state index in [4.69, 9.17) is 7.98 Å². The number of piperidine rings is 1. The number of rotatable bonds is 2. The van der Waals surface area contributed by atoms with E-state index in [1.54, 1.807) is 4.81 Å². The average Bonchev–Trinajstić information content (AvgIpc) is 2.29. The SMILES string of the molecule is [B]N1CCC[C@@H](C(=O)c2ccccc2)C1. The fraction of sp³-hybridized carbons (Fsp3) is 0.417. The quantitative estimate of drug-likeness (QED) is 0.533. The minimum absolute atomic E-state index is 0.0751. The molecule has 0 aromatic heterocycles. The number of hydrogen-bond acceptors (Lipinski definition) is 2. The molecule has 2 nitrogen and oxygen atoms in total. The Labute approximate surface area is 91.7 Å². The molecule has 0 bridgehead atoms. The topological polar surface area (TPSA) is 20.3 Å². The van der Waals surface area contributed by atoms with Crippen molar-refractivity contribution in [2.45, 2.75) is 12.8 Å². The maximum Gasteiger partial charge on any atom is 0.182 e. The number of carbonyl (C=O) groups excluding carboxylic acids is 1. The van der Waals surface area contributed by atoms with Crippen molar-refractivity contribution in [1.82, 2.24) is 4.81 Å². The molecule has 76 valence electrons. The van der Waals surface area contributed by atoms with Crippen LogP contribution in [-0.2, 0) is 0 Å². The molecule has 0 amide bonds. The van der Waals surface area contributed by atoms with E-state index in [2.05, 4.69) is 0 Å². The van der Waals surface area contributed by atoms with E-state index in [0.29, 0.717) is 6.54 Å². The number of benzene rings is 1. The summed E-state index contributed by atoms with van der Waals surface area (Å²) in [7, 11) is 5.72. The number of nitrogens with zero attached hydrogens (tertiary/aromatic N) is 1. The van der Waals surface area contributed by atoms with Crippen molar-refractivity contribution in [3.05, 3.63) is 35.9 Å². The highest BCUT2D eigenvalue weighted by Gasteiger charge is 2.24. The van der Waals surface area contributed by atoms with Crippen LogP contribution in [0.3, 0.4) is 0 Å². The summed E-state index contributed by atoms with van der Waals surface area (Å²) in [4.78, 5) is 13.8. The summed E-state index contributed by atoms with van der Waals surface area (Å²) < 4.78 is 0. The van der Waals surface area contributed by atoms with Gasteiger partial charge in [0, 0.05) is 11.5 Å². The summed E-state index contributed by atoms with van der Waals surface area (Å²) in [6.07, 6.45) is 1.97. The van der Waals surface area contributed by atoms with E-state index >= 15 is 0 Å². The lowest BCUT2D eigenvalue weighted by Crippen LogP contribution is -2.36. The van der Waals surface area contributed by atoms with Crippen LogP contribution in [0.5, 0.6) is 0 Å². The molecule has 15 heavy (non-hydrogen) atoms. The summed E-state index contributed by atoms with van der Waals surface area (Å²) in [6, 6.07) is 9.47. The van der Waals surface area contributed by atoms with Crippen LogP contribution in [0.4, 0.5) is 0 Å². The largest absolute Gasteiger partial charge is 0.353 e. The van der Waals surface area contributed by atoms with Crippen molar-refractivity contribution in [3.8, 4) is 0 Å². The first-order valence-corrected chi connectivity index (χ1v) is 5.36. The number of hydrogen-bond donors (Lipinski definition) is 0. The van der Waals surface area contributed by atoms with Crippen LogP contribution in [0.15, 0.2) is 30.3 Å². The minimum Gasteiger partial charge on any atom is -0.353 e. The fourth-order valence-corrected chi connectivity index (χ4v) is 2.06. The van der Waals surface area contributed by atoms with Gasteiger partial charge in [-0.25, -0.2) is 0 Å². The van der Waals surface area contributed by atoms with Gasteiger partial charge in [0.2, 0.25) is 0 Å². The second-order valence-electron chi connectivity index (χ2n) is 4.06. The predicted molar refractivity (Wildman–Crippen MR) is 60.8 cm³/mol. The Balaban J connectivity index is 2.08. The Kier molecular flexibility index (Phi) is 3.22. The summed E-state index contributed by atoms with van der Waals surface area (Å²) >= 11 is 0. The molecule has 1 saturated heterocycles. The molecule has 1 aliphatic heterocycles. The first kappa shape index (κ1) is 10.4. The van der Waals surface area contributed by atoms with Crippen LogP contribution in [0.2, 0.25) is 0 Å². The first-order valence-electron chi connectivity index (χ1n) is 5.36. The highest BCUT2D eigenvalue weighted by atomic mass is 16.1. The number of Topliss-reactive ketones (excluding diaryl/α,β-unsaturated/α-hetero) is 1. The minimum atomic E-state index is 0.0751. The zero-order valence-corrected chi connectivity index (χ0v) is 8.73. The summed E-state index contributed by atoms with van der Waals surface area (Å²) in [5.74, 6) is 0.303. The monoisotopic (exact) mass is 199 g/mol. The molecular weight excluding hydrogens is 185 g/mol. The van der Waals surface area contributed by atoms with E-state index in [-0.39, 0.29) is 11.7 Å². The van der Waals surface area contributed by atoms with Crippen molar-refractivity contribution >= 4 is 13.8 Å². The van der Waals surface area contributed by atoms with Gasteiger partial charge in [-0.05, 0) is 25.9 Å². The second kappa shape index (κ2) is 4.62. The van der Waals surface area contributed by atoms with Gasteiger partial charge >= 0.3 is 0 Å². The van der Waals surface area contributed by atoms with Gasteiger partial charge in [-0.15, -0.1) is 0 Å². The van der Waals surface area contributed by atoms with Crippen molar-refractivity contribution in [3.63, 3.8) is 0 Å². The van der Waals surface area contributed by atoms with Crippen molar-refractivity contribution < 1.29 is 4.79 Å². The Morgan fingerprint density at radius 3 is 2.73 bits per heavy atom. The molecule has 0 saturated carbocycles. The van der Waals surface area contributed by atoms with Gasteiger partial charge in [-0.3, -0.25) is 4.79 Å². The maximum absolute atomic E-state index is 12.1. The second-order valence-corrected chi connectivity index (χ2v) is 4.06. The van der Waals surface area contributed by atoms with Crippen LogP contribution in [-0.4, -0.2) is 31.7 Å². The Morgan fingerprint density at radius 2 is 2.07 bits per heavy atom. The normalized spacial score (nSPS) is 22.5. The number of carbonyl (C=O) groups is 1. The molecule has 1 aromatic rings. The summed E-state index contributed by atoms with van der Waals surface area (Å²) in [5, 5.41) is 0. The predicted octanol–water partition coefficient (Wildman–Crippen LogP) is 1.66. The Morgan fingerprint density at radius 1 is 1.33 bits per heavy atom. The van der Waals surface area contributed by atoms with Gasteiger partial charge in [0.1, 0.15) is 0 Å². The van der Waals surface area contributed by atoms with Gasteiger partial charge in [0.15, 0.2) is 13.8 Å².